The summed E-state index contributed by atoms with van der Waals surface area (Å²) >= 11 is 13.3. The van der Waals surface area contributed by atoms with Crippen molar-refractivity contribution < 1.29 is 37.4 Å². The first-order valence-corrected chi connectivity index (χ1v) is 5.51. The van der Waals surface area contributed by atoms with Crippen LogP contribution in [0.1, 0.15) is 0 Å². The maximum atomic E-state index is 12.2. The third kappa shape index (κ3) is 6.74. The van der Waals surface area contributed by atoms with Crippen LogP contribution in [0.3, 0.4) is 0 Å². The molecule has 0 aliphatic rings. The van der Waals surface area contributed by atoms with Crippen LogP contribution in [0.4, 0.5) is 28.2 Å². The second-order valence-electron chi connectivity index (χ2n) is 2.06. The standard InChI is InChI=1S/C2Cl3F7O2S/c3-1(4,5)2(6,7)13-14-15(8,9,10,11)12. The third-order valence-corrected chi connectivity index (χ3v) is 1.58. The molecule has 13 heteroatoms. The second-order valence-corrected chi connectivity index (χ2v) is 6.28. The van der Waals surface area contributed by atoms with Crippen molar-refractivity contribution in [1.82, 2.24) is 0 Å². The minimum atomic E-state index is -10.6. The van der Waals surface area contributed by atoms with Gasteiger partial charge in [-0.1, -0.05) is 58.6 Å². The van der Waals surface area contributed by atoms with Crippen LogP contribution in [0.25, 0.3) is 0 Å². The molecule has 0 aromatic heterocycles. The number of rotatable bonds is 3. The summed E-state index contributed by atoms with van der Waals surface area (Å²) in [6.45, 7) is 0. The Morgan fingerprint density at radius 1 is 0.867 bits per heavy atom. The molecule has 0 aliphatic carbocycles. The van der Waals surface area contributed by atoms with E-state index in [0.717, 1.165) is 0 Å². The van der Waals surface area contributed by atoms with Gasteiger partial charge in [-0.25, -0.2) is 0 Å². The van der Waals surface area contributed by atoms with Gasteiger partial charge in [0, 0.05) is 0 Å². The highest BCUT2D eigenvalue weighted by molar-refractivity contribution is 8.42. The van der Waals surface area contributed by atoms with Gasteiger partial charge < -0.3 is 0 Å². The Hall–Kier alpha value is 0.650. The SMILES string of the molecule is FC(F)(OOS(F)(F)(F)(F)F)C(Cl)(Cl)Cl. The highest BCUT2D eigenvalue weighted by Gasteiger charge is 2.70. The second kappa shape index (κ2) is 3.10. The summed E-state index contributed by atoms with van der Waals surface area (Å²) in [7, 11) is -10.6. The van der Waals surface area contributed by atoms with E-state index in [1.807, 2.05) is 0 Å². The van der Waals surface area contributed by atoms with Gasteiger partial charge in [0.2, 0.25) is 0 Å². The van der Waals surface area contributed by atoms with Crippen molar-refractivity contribution >= 4 is 45.3 Å². The molecule has 0 unspecified atom stereocenters. The lowest BCUT2D eigenvalue weighted by Gasteiger charge is -2.38. The van der Waals surface area contributed by atoms with Crippen molar-refractivity contribution in [1.29, 1.82) is 0 Å². The fraction of sp³-hybridized carbons (Fsp3) is 1.00. The predicted octanol–water partition coefficient (Wildman–Crippen LogP) is 5.11. The Morgan fingerprint density at radius 2 is 1.20 bits per heavy atom. The van der Waals surface area contributed by atoms with E-state index in [1.165, 1.54) is 4.33 Å². The molecule has 2 nitrogen and oxygen atoms in total. The van der Waals surface area contributed by atoms with Crippen LogP contribution in [-0.2, 0) is 9.22 Å². The number of hydrogen-bond donors (Lipinski definition) is 0. The molecule has 0 amide bonds. The molecule has 0 fully saturated rings. The molecule has 0 aliphatic heterocycles. The normalized spacial score (nSPS) is 19.6. The summed E-state index contributed by atoms with van der Waals surface area (Å²) in [4.78, 5) is 2.11. The zero-order chi connectivity index (χ0) is 12.8. The van der Waals surface area contributed by atoms with Crippen LogP contribution in [-0.4, -0.2) is 9.90 Å². The molecule has 0 radical (unpaired) electrons. The molecule has 0 heterocycles. The fourth-order valence-corrected chi connectivity index (χ4v) is 0.463. The van der Waals surface area contributed by atoms with Gasteiger partial charge >= 0.3 is 16.6 Å². The predicted molar refractivity (Wildman–Crippen MR) is 40.5 cm³/mol. The summed E-state index contributed by atoms with van der Waals surface area (Å²) in [5.74, 6) is 0. The quantitative estimate of drug-likeness (QED) is 0.310. The molecule has 0 rings (SSSR count). The van der Waals surface area contributed by atoms with Gasteiger partial charge in [0.15, 0.2) is 0 Å². The first-order valence-electron chi connectivity index (χ1n) is 2.50. The van der Waals surface area contributed by atoms with Crippen LogP contribution in [0.5, 0.6) is 0 Å². The van der Waals surface area contributed by atoms with Crippen LogP contribution in [0.15, 0.2) is 0 Å². The summed E-state index contributed by atoms with van der Waals surface area (Å²) in [5, 5.41) is 0. The van der Waals surface area contributed by atoms with Gasteiger partial charge in [-0.3, -0.25) is 0 Å². The van der Waals surface area contributed by atoms with E-state index in [0.29, 0.717) is 0 Å². The molecule has 0 aromatic rings. The molecule has 0 N–H and O–H groups in total. The van der Waals surface area contributed by atoms with Gasteiger partial charge in [0.1, 0.15) is 0 Å². The van der Waals surface area contributed by atoms with Gasteiger partial charge in [-0.05, 0) is 0 Å². The average molecular weight is 327 g/mol. The van der Waals surface area contributed by atoms with Crippen LogP contribution in [0.2, 0.25) is 0 Å². The van der Waals surface area contributed by atoms with Gasteiger partial charge in [-0.2, -0.15) is 8.78 Å². The summed E-state index contributed by atoms with van der Waals surface area (Å²) < 4.78 is 78.9. The van der Waals surface area contributed by atoms with Crippen molar-refractivity contribution in [3.63, 3.8) is 0 Å². The minimum absolute atomic E-state index is 1.48. The van der Waals surface area contributed by atoms with E-state index >= 15 is 0 Å². The van der Waals surface area contributed by atoms with Gasteiger partial charge in [0.25, 0.3) is 3.79 Å². The third-order valence-electron chi connectivity index (χ3n) is 0.597. The minimum Gasteiger partial charge on any atom is -0.168 e. The smallest absolute Gasteiger partial charge is 0.168 e. The number of alkyl halides is 5. The molecule has 15 heavy (non-hydrogen) atoms. The molecule has 0 saturated heterocycles. The summed E-state index contributed by atoms with van der Waals surface area (Å²) in [5.41, 5.74) is 0. The molecule has 0 bridgehead atoms. The van der Waals surface area contributed by atoms with Crippen molar-refractivity contribution in [2.24, 2.45) is 0 Å². The summed E-state index contributed by atoms with van der Waals surface area (Å²) in [6.07, 6.45) is -5.20. The first-order chi connectivity index (χ1) is 5.93. The van der Waals surface area contributed by atoms with E-state index < -0.39 is 20.4 Å². The highest BCUT2D eigenvalue weighted by Crippen LogP contribution is 2.98. The number of hydrogen-bond acceptors (Lipinski definition) is 2. The maximum Gasteiger partial charge on any atom is 0.428 e. The van der Waals surface area contributed by atoms with E-state index in [9.17, 15) is 28.2 Å². The molecular formula is C2Cl3F7O2S. The average Bonchev–Trinajstić information content (AvgIpc) is 1.76. The fourth-order valence-electron chi connectivity index (χ4n) is 0.154. The zero-order valence-corrected chi connectivity index (χ0v) is 9.09. The van der Waals surface area contributed by atoms with E-state index in [4.69, 9.17) is 0 Å². The van der Waals surface area contributed by atoms with Crippen molar-refractivity contribution in [3.05, 3.63) is 0 Å². The molecule has 0 atom stereocenters. The van der Waals surface area contributed by atoms with Gasteiger partial charge in [-0.15, -0.1) is 4.89 Å². The Labute approximate surface area is 93.0 Å². The molecular weight excluding hydrogens is 327 g/mol. The van der Waals surface area contributed by atoms with Gasteiger partial charge in [0.05, 0.1) is 0 Å². The lowest BCUT2D eigenvalue weighted by Crippen LogP contribution is -2.37. The lowest BCUT2D eigenvalue weighted by molar-refractivity contribution is -0.400. The van der Waals surface area contributed by atoms with E-state index in [2.05, 4.69) is 39.7 Å². The largest absolute Gasteiger partial charge is 0.428 e. The van der Waals surface area contributed by atoms with Crippen molar-refractivity contribution in [2.75, 3.05) is 0 Å². The van der Waals surface area contributed by atoms with Crippen molar-refractivity contribution in [2.45, 2.75) is 9.90 Å². The maximum absolute atomic E-state index is 12.2. The van der Waals surface area contributed by atoms with E-state index in [1.54, 1.807) is 0 Å². The number of halogens is 10. The molecule has 0 spiro atoms. The monoisotopic (exact) mass is 326 g/mol. The topological polar surface area (TPSA) is 18.5 Å². The Bertz CT molecular complexity index is 254. The van der Waals surface area contributed by atoms with E-state index in [-0.39, 0.29) is 0 Å². The Morgan fingerprint density at radius 3 is 1.40 bits per heavy atom. The van der Waals surface area contributed by atoms with Crippen LogP contribution < -0.4 is 0 Å². The van der Waals surface area contributed by atoms with Crippen molar-refractivity contribution in [3.8, 4) is 0 Å². The molecule has 0 saturated carbocycles. The molecule has 96 valence electrons. The summed E-state index contributed by atoms with van der Waals surface area (Å²) in [6, 6.07) is 0. The van der Waals surface area contributed by atoms with Crippen LogP contribution >= 0.6 is 45.3 Å². The Kier molecular flexibility index (Phi) is 3.24. The van der Waals surface area contributed by atoms with Crippen LogP contribution in [0, 0.1) is 0 Å². The zero-order valence-electron chi connectivity index (χ0n) is 6.00. The molecule has 0 aromatic carbocycles. The first kappa shape index (κ1) is 15.7. The highest BCUT2D eigenvalue weighted by atomic mass is 35.6. The lowest BCUT2D eigenvalue weighted by atomic mass is 10.7. The Balaban J connectivity index is 4.71.